The molecular formula is C41H51N9O9S2. The van der Waals surface area contributed by atoms with Crippen LogP contribution in [0.25, 0.3) is 10.9 Å². The number of amides is 7. The second-order valence-electron chi connectivity index (χ2n) is 14.2. The average Bonchev–Trinajstić information content (AvgIpc) is 3.65. The normalized spacial score (nSPS) is 14.5. The van der Waals surface area contributed by atoms with Gasteiger partial charge < -0.3 is 58.6 Å². The smallest absolute Gasteiger partial charge is 0.244 e. The lowest BCUT2D eigenvalue weighted by molar-refractivity contribution is -0.134. The van der Waals surface area contributed by atoms with Crippen molar-refractivity contribution in [2.75, 3.05) is 18.1 Å². The molecule has 0 saturated heterocycles. The van der Waals surface area contributed by atoms with E-state index in [1.54, 1.807) is 24.4 Å². The molecule has 1 heterocycles. The third-order valence-corrected chi connectivity index (χ3v) is 10.3. The molecule has 7 atom stereocenters. The van der Waals surface area contributed by atoms with E-state index >= 15 is 0 Å². The monoisotopic (exact) mass is 877 g/mol. The highest BCUT2D eigenvalue weighted by atomic mass is 32.1. The van der Waals surface area contributed by atoms with E-state index in [0.29, 0.717) is 11.1 Å². The van der Waals surface area contributed by atoms with E-state index in [1.807, 2.05) is 48.5 Å². The molecule has 0 aliphatic carbocycles. The molecule has 326 valence electrons. The lowest BCUT2D eigenvalue weighted by Gasteiger charge is -2.26. The molecule has 61 heavy (non-hydrogen) atoms. The first-order chi connectivity index (χ1) is 29.1. The van der Waals surface area contributed by atoms with Gasteiger partial charge in [0.25, 0.3) is 0 Å². The number of aromatic hydroxyl groups is 1. The molecule has 20 heteroatoms. The molecule has 0 fully saturated rings. The maximum atomic E-state index is 14.2. The van der Waals surface area contributed by atoms with Crippen LogP contribution in [-0.4, -0.2) is 117 Å². The molecule has 7 amide bonds. The maximum absolute atomic E-state index is 14.2. The summed E-state index contributed by atoms with van der Waals surface area (Å²) in [6.07, 6.45) is 0.363. The highest BCUT2D eigenvalue weighted by molar-refractivity contribution is 7.80. The molecule has 18 nitrogen and oxygen atoms in total. The lowest BCUT2D eigenvalue weighted by Crippen LogP contribution is -2.59. The molecule has 0 saturated carbocycles. The highest BCUT2D eigenvalue weighted by Gasteiger charge is 2.32. The van der Waals surface area contributed by atoms with Gasteiger partial charge in [0, 0.05) is 41.4 Å². The summed E-state index contributed by atoms with van der Waals surface area (Å²) >= 11 is 8.36. The number of aromatic amines is 1. The van der Waals surface area contributed by atoms with Crippen molar-refractivity contribution in [3.63, 3.8) is 0 Å². The third kappa shape index (κ3) is 14.3. The molecule has 4 aromatic rings. The zero-order valence-corrected chi connectivity index (χ0v) is 35.0. The van der Waals surface area contributed by atoms with E-state index in [-0.39, 0.29) is 36.5 Å². The predicted molar refractivity (Wildman–Crippen MR) is 233 cm³/mol. The second kappa shape index (κ2) is 23.1. The number of phenols is 1. The Morgan fingerprint density at radius 3 is 1.82 bits per heavy atom. The van der Waals surface area contributed by atoms with Gasteiger partial charge in [-0.2, -0.15) is 25.3 Å². The van der Waals surface area contributed by atoms with E-state index in [9.17, 15) is 43.8 Å². The predicted octanol–water partition coefficient (Wildman–Crippen LogP) is -1.51. The average molecular weight is 878 g/mol. The number of aliphatic hydroxyl groups excluding tert-OH is 1. The minimum absolute atomic E-state index is 0.0334. The van der Waals surface area contributed by atoms with E-state index in [4.69, 9.17) is 11.5 Å². The number of aliphatic hydroxyl groups is 1. The van der Waals surface area contributed by atoms with Crippen LogP contribution in [0.1, 0.15) is 23.6 Å². The van der Waals surface area contributed by atoms with Crippen LogP contribution >= 0.6 is 25.3 Å². The fraction of sp³-hybridized carbons (Fsp3) is 0.341. The molecule has 3 aromatic carbocycles. The Kier molecular flexibility index (Phi) is 18.0. The van der Waals surface area contributed by atoms with Crippen molar-refractivity contribution in [2.24, 2.45) is 11.5 Å². The Hall–Kier alpha value is -6.09. The van der Waals surface area contributed by atoms with Crippen LogP contribution in [-0.2, 0) is 52.8 Å². The number of hydrogen-bond acceptors (Lipinski definition) is 12. The molecular weight excluding hydrogens is 827 g/mol. The van der Waals surface area contributed by atoms with Crippen molar-refractivity contribution in [3.8, 4) is 5.75 Å². The quantitative estimate of drug-likeness (QED) is 0.0406. The number of phenolic OH excluding ortho intramolecular Hbond substituents is 1. The van der Waals surface area contributed by atoms with Crippen LogP contribution < -0.4 is 43.4 Å². The summed E-state index contributed by atoms with van der Waals surface area (Å²) in [6, 6.07) is 14.6. The molecule has 0 bridgehead atoms. The van der Waals surface area contributed by atoms with Crippen molar-refractivity contribution in [3.05, 3.63) is 102 Å². The van der Waals surface area contributed by atoms with Crippen molar-refractivity contribution in [2.45, 2.75) is 68.5 Å². The van der Waals surface area contributed by atoms with Crippen molar-refractivity contribution in [1.29, 1.82) is 0 Å². The van der Waals surface area contributed by atoms with Crippen LogP contribution in [0.3, 0.4) is 0 Å². The number of benzene rings is 3. The van der Waals surface area contributed by atoms with Crippen LogP contribution in [0.5, 0.6) is 5.75 Å². The van der Waals surface area contributed by atoms with E-state index in [2.05, 4.69) is 62.1 Å². The maximum Gasteiger partial charge on any atom is 0.244 e. The van der Waals surface area contributed by atoms with Gasteiger partial charge in [0.05, 0.1) is 18.7 Å². The van der Waals surface area contributed by atoms with Gasteiger partial charge in [-0.3, -0.25) is 33.6 Å². The first kappa shape index (κ1) is 47.6. The van der Waals surface area contributed by atoms with Crippen molar-refractivity contribution < 1.29 is 43.8 Å². The molecule has 0 spiro atoms. The number of thiol groups is 2. The fourth-order valence-corrected chi connectivity index (χ4v) is 6.71. The summed E-state index contributed by atoms with van der Waals surface area (Å²) in [5.74, 6) is -6.07. The summed E-state index contributed by atoms with van der Waals surface area (Å²) in [7, 11) is 0. The molecule has 13 N–H and O–H groups in total. The Labute approximate surface area is 362 Å². The van der Waals surface area contributed by atoms with E-state index in [1.165, 1.54) is 19.1 Å². The first-order valence-corrected chi connectivity index (χ1v) is 20.5. The molecule has 4 rings (SSSR count). The minimum atomic E-state index is -1.44. The molecule has 0 radical (unpaired) electrons. The van der Waals surface area contributed by atoms with Crippen molar-refractivity contribution >= 4 is 77.5 Å². The molecule has 0 unspecified atom stereocenters. The van der Waals surface area contributed by atoms with E-state index < -0.39 is 90.3 Å². The molecule has 0 aliphatic rings. The number of rotatable bonds is 22. The topological polar surface area (TPSA) is 300 Å². The van der Waals surface area contributed by atoms with Crippen LogP contribution in [0.2, 0.25) is 0 Å². The zero-order chi connectivity index (χ0) is 44.6. The number of nitrogens with one attached hydrogen (secondary N) is 7. The number of aromatic nitrogens is 1. The van der Waals surface area contributed by atoms with Gasteiger partial charge in [0.15, 0.2) is 0 Å². The molecule has 1 aromatic heterocycles. The molecule has 0 aliphatic heterocycles. The van der Waals surface area contributed by atoms with Gasteiger partial charge in [-0.15, -0.1) is 0 Å². The van der Waals surface area contributed by atoms with Gasteiger partial charge in [0.2, 0.25) is 41.4 Å². The Morgan fingerprint density at radius 2 is 1.20 bits per heavy atom. The Morgan fingerprint density at radius 1 is 0.656 bits per heavy atom. The number of para-hydroxylation sites is 1. The second-order valence-corrected chi connectivity index (χ2v) is 15.0. The minimum Gasteiger partial charge on any atom is -0.508 e. The lowest BCUT2D eigenvalue weighted by atomic mass is 10.0. The summed E-state index contributed by atoms with van der Waals surface area (Å²) in [4.78, 5) is 95.4. The number of fused-ring (bicyclic) bond motifs is 1. The number of nitrogens with two attached hydrogens (primary N) is 2. The summed E-state index contributed by atoms with van der Waals surface area (Å²) in [5.41, 5.74) is 14.1. The number of carbonyl (C=O) groups is 7. The largest absolute Gasteiger partial charge is 0.508 e. The van der Waals surface area contributed by atoms with Gasteiger partial charge >= 0.3 is 0 Å². The number of carbonyl (C=O) groups excluding carboxylic acids is 7. The summed E-state index contributed by atoms with van der Waals surface area (Å²) < 4.78 is 0. The van der Waals surface area contributed by atoms with E-state index in [0.717, 1.165) is 16.5 Å². The van der Waals surface area contributed by atoms with Crippen LogP contribution in [0.4, 0.5) is 0 Å². The Balaban J connectivity index is 1.53. The summed E-state index contributed by atoms with van der Waals surface area (Å²) in [5, 5.41) is 35.5. The van der Waals surface area contributed by atoms with Gasteiger partial charge in [0.1, 0.15) is 36.0 Å². The fourth-order valence-electron chi connectivity index (χ4n) is 6.20. The van der Waals surface area contributed by atoms with Crippen molar-refractivity contribution in [1.82, 2.24) is 36.9 Å². The zero-order valence-electron chi connectivity index (χ0n) is 33.2. The number of primary amides is 1. The number of H-pyrrole nitrogens is 1. The van der Waals surface area contributed by atoms with Gasteiger partial charge in [-0.25, -0.2) is 0 Å². The Bertz CT molecular complexity index is 2160. The first-order valence-electron chi connectivity index (χ1n) is 19.2. The van der Waals surface area contributed by atoms with Gasteiger partial charge in [-0.1, -0.05) is 60.7 Å². The highest BCUT2D eigenvalue weighted by Crippen LogP contribution is 2.20. The standard InChI is InChI=1S/C41H51N9O9S2/c1-22(51)35(36(43)54)50-41(59)32(20-60)46-34(53)19-45-38(56)31(17-25-18-44-29-10-6-5-9-27(25)29)48-39(57)30(16-24-11-13-26(52)14-12-24)47-40(58)33(21-61)49-37(55)28(42)15-23-7-3-2-4-8-23/h2-14,18,22,28,30-33,35,44,51-52,60-61H,15-17,19-21,42H2,1H3,(H2,43,54)(H,45,56)(H,46,53)(H,47,58)(H,48,57)(H,49,55)(H,50,59)/t22-,28-,30+,31-,32+,33+,35+/m1/s1. The van der Waals surface area contributed by atoms with Crippen LogP contribution in [0.15, 0.2) is 85.1 Å². The number of hydrogen-bond donors (Lipinski definition) is 13. The summed E-state index contributed by atoms with van der Waals surface area (Å²) in [6.45, 7) is 0.591. The third-order valence-electron chi connectivity index (χ3n) is 9.54. The SMILES string of the molecule is C[C@@H](O)[C@H](NC(=O)[C@H](CS)NC(=O)CNC(=O)[C@@H](Cc1c[nH]c2ccccc12)NC(=O)[C@H](Cc1ccc(O)cc1)NC(=O)[C@H](CS)NC(=O)[C@H](N)Cc1ccccc1)C(N)=O. The van der Waals surface area contributed by atoms with Crippen LogP contribution in [0, 0.1) is 0 Å². The van der Waals surface area contributed by atoms with Gasteiger partial charge in [-0.05, 0) is 48.2 Å².